The minimum atomic E-state index is -0.967. The van der Waals surface area contributed by atoms with Crippen LogP contribution in [0.3, 0.4) is 0 Å². The number of hydrogen-bond acceptors (Lipinski definition) is 3. The van der Waals surface area contributed by atoms with Crippen molar-refractivity contribution in [2.24, 2.45) is 0 Å². The number of benzene rings is 2. The molecule has 0 aromatic heterocycles. The van der Waals surface area contributed by atoms with Crippen LogP contribution < -0.4 is 5.32 Å². The smallest absolute Gasteiger partial charge is 0.321 e. The SMILES string of the molecule is O=C(CC(NC1CC1)C(=O)O)c1ccc(-c2ccccc2)cc1. The molecule has 1 saturated carbocycles. The lowest BCUT2D eigenvalue weighted by Crippen LogP contribution is -2.39. The van der Waals surface area contributed by atoms with Crippen LogP contribution in [0.25, 0.3) is 11.1 Å². The van der Waals surface area contributed by atoms with Crippen LogP contribution in [-0.2, 0) is 4.79 Å². The summed E-state index contributed by atoms with van der Waals surface area (Å²) in [5.74, 6) is -1.11. The molecule has 1 atom stereocenters. The minimum Gasteiger partial charge on any atom is -0.480 e. The normalized spacial score (nSPS) is 15.1. The molecule has 0 heterocycles. The van der Waals surface area contributed by atoms with Crippen LogP contribution in [0.2, 0.25) is 0 Å². The maximum Gasteiger partial charge on any atom is 0.321 e. The van der Waals surface area contributed by atoms with Gasteiger partial charge in [-0.25, -0.2) is 0 Å². The number of rotatable bonds is 7. The van der Waals surface area contributed by atoms with Crippen molar-refractivity contribution in [3.63, 3.8) is 0 Å². The van der Waals surface area contributed by atoms with E-state index in [1.54, 1.807) is 12.1 Å². The Bertz CT molecular complexity index is 690. The average Bonchev–Trinajstić information content (AvgIpc) is 3.39. The Morgan fingerprint density at radius 3 is 2.17 bits per heavy atom. The van der Waals surface area contributed by atoms with E-state index < -0.39 is 12.0 Å². The van der Waals surface area contributed by atoms with Crippen molar-refractivity contribution in [3.05, 3.63) is 60.2 Å². The number of hydrogen-bond donors (Lipinski definition) is 2. The lowest BCUT2D eigenvalue weighted by molar-refractivity contribution is -0.139. The molecule has 1 aliphatic rings. The molecule has 0 radical (unpaired) electrons. The second-order valence-electron chi connectivity index (χ2n) is 5.90. The van der Waals surface area contributed by atoms with Crippen LogP contribution in [0.1, 0.15) is 29.6 Å². The molecule has 0 bridgehead atoms. The van der Waals surface area contributed by atoms with Gasteiger partial charge in [0, 0.05) is 18.0 Å². The Morgan fingerprint density at radius 1 is 1.00 bits per heavy atom. The van der Waals surface area contributed by atoms with Gasteiger partial charge in [0.2, 0.25) is 0 Å². The van der Waals surface area contributed by atoms with Gasteiger partial charge in [-0.2, -0.15) is 0 Å². The Hall–Kier alpha value is -2.46. The van der Waals surface area contributed by atoms with Gasteiger partial charge in [-0.05, 0) is 24.0 Å². The van der Waals surface area contributed by atoms with Crippen LogP contribution in [0, 0.1) is 0 Å². The summed E-state index contributed by atoms with van der Waals surface area (Å²) < 4.78 is 0. The van der Waals surface area contributed by atoms with E-state index in [9.17, 15) is 14.7 Å². The summed E-state index contributed by atoms with van der Waals surface area (Å²) >= 11 is 0. The second kappa shape index (κ2) is 6.75. The van der Waals surface area contributed by atoms with Crippen LogP contribution in [0.5, 0.6) is 0 Å². The molecule has 4 nitrogen and oxygen atoms in total. The van der Waals surface area contributed by atoms with Gasteiger partial charge in [0.05, 0.1) is 0 Å². The first-order valence-electron chi connectivity index (χ1n) is 7.81. The first kappa shape index (κ1) is 15.4. The summed E-state index contributed by atoms with van der Waals surface area (Å²) in [4.78, 5) is 23.6. The van der Waals surface area contributed by atoms with Crippen molar-refractivity contribution in [1.29, 1.82) is 0 Å². The summed E-state index contributed by atoms with van der Waals surface area (Å²) in [5, 5.41) is 12.2. The van der Waals surface area contributed by atoms with Crippen molar-refractivity contribution in [2.75, 3.05) is 0 Å². The molecule has 1 aliphatic carbocycles. The van der Waals surface area contributed by atoms with E-state index in [2.05, 4.69) is 5.32 Å². The molecule has 1 unspecified atom stereocenters. The highest BCUT2D eigenvalue weighted by atomic mass is 16.4. The molecule has 118 valence electrons. The molecule has 23 heavy (non-hydrogen) atoms. The van der Waals surface area contributed by atoms with Gasteiger partial charge in [-0.15, -0.1) is 0 Å². The number of carbonyl (C=O) groups is 2. The van der Waals surface area contributed by atoms with E-state index in [1.165, 1.54) is 0 Å². The molecule has 1 fully saturated rings. The summed E-state index contributed by atoms with van der Waals surface area (Å²) in [6, 6.07) is 16.7. The van der Waals surface area contributed by atoms with E-state index in [0.717, 1.165) is 24.0 Å². The number of Topliss-reactive ketones (excluding diaryl/α,β-unsaturated/α-hetero) is 1. The third-order valence-electron chi connectivity index (χ3n) is 4.02. The summed E-state index contributed by atoms with van der Waals surface area (Å²) in [7, 11) is 0. The highest BCUT2D eigenvalue weighted by Crippen LogP contribution is 2.22. The summed E-state index contributed by atoms with van der Waals surface area (Å²) in [6.45, 7) is 0. The molecule has 2 aromatic rings. The van der Waals surface area contributed by atoms with E-state index in [1.807, 2.05) is 42.5 Å². The highest BCUT2D eigenvalue weighted by molar-refractivity contribution is 5.99. The lowest BCUT2D eigenvalue weighted by atomic mass is 9.99. The van der Waals surface area contributed by atoms with E-state index in [4.69, 9.17) is 0 Å². The van der Waals surface area contributed by atoms with Gasteiger partial charge >= 0.3 is 5.97 Å². The zero-order valence-corrected chi connectivity index (χ0v) is 12.7. The zero-order valence-electron chi connectivity index (χ0n) is 12.7. The summed E-state index contributed by atoms with van der Waals surface area (Å²) in [5.41, 5.74) is 2.67. The van der Waals surface area contributed by atoms with Crippen molar-refractivity contribution in [3.8, 4) is 11.1 Å². The first-order chi connectivity index (χ1) is 11.1. The predicted octanol–water partition coefficient (Wildman–Crippen LogP) is 3.13. The molecule has 0 aliphatic heterocycles. The Balaban J connectivity index is 1.68. The van der Waals surface area contributed by atoms with Crippen LogP contribution in [0.4, 0.5) is 0 Å². The van der Waals surface area contributed by atoms with Crippen molar-refractivity contribution < 1.29 is 14.7 Å². The Labute approximate surface area is 135 Å². The fraction of sp³-hybridized carbons (Fsp3) is 0.263. The highest BCUT2D eigenvalue weighted by Gasteiger charge is 2.29. The fourth-order valence-electron chi connectivity index (χ4n) is 2.53. The Morgan fingerprint density at radius 2 is 1.61 bits per heavy atom. The number of ketones is 1. The lowest BCUT2D eigenvalue weighted by Gasteiger charge is -2.13. The topological polar surface area (TPSA) is 66.4 Å². The van der Waals surface area contributed by atoms with Crippen molar-refractivity contribution >= 4 is 11.8 Å². The van der Waals surface area contributed by atoms with Gasteiger partial charge in [0.15, 0.2) is 5.78 Å². The van der Waals surface area contributed by atoms with Crippen LogP contribution >= 0.6 is 0 Å². The predicted molar refractivity (Wildman–Crippen MR) is 88.4 cm³/mol. The maximum atomic E-state index is 12.3. The molecule has 2 N–H and O–H groups in total. The minimum absolute atomic E-state index is 0.0173. The first-order valence-corrected chi connectivity index (χ1v) is 7.81. The average molecular weight is 309 g/mol. The Kier molecular flexibility index (Phi) is 4.53. The maximum absolute atomic E-state index is 12.3. The molecule has 2 aromatic carbocycles. The van der Waals surface area contributed by atoms with Crippen molar-refractivity contribution in [2.45, 2.75) is 31.3 Å². The van der Waals surface area contributed by atoms with Gasteiger partial charge in [-0.1, -0.05) is 54.6 Å². The molecular formula is C19H19NO3. The van der Waals surface area contributed by atoms with Crippen molar-refractivity contribution in [1.82, 2.24) is 5.32 Å². The third kappa shape index (κ3) is 4.05. The number of carbonyl (C=O) groups excluding carboxylic acids is 1. The van der Waals surface area contributed by atoms with Gasteiger partial charge < -0.3 is 10.4 Å². The van der Waals surface area contributed by atoms with Crippen LogP contribution in [0.15, 0.2) is 54.6 Å². The molecule has 3 rings (SSSR count). The number of carboxylic acid groups (broad SMARTS) is 1. The van der Waals surface area contributed by atoms with E-state index >= 15 is 0 Å². The van der Waals surface area contributed by atoms with Crippen LogP contribution in [-0.4, -0.2) is 28.9 Å². The zero-order chi connectivity index (χ0) is 16.2. The quantitative estimate of drug-likeness (QED) is 0.771. The van der Waals surface area contributed by atoms with E-state index in [0.29, 0.717) is 5.56 Å². The molecule has 4 heteroatoms. The van der Waals surface area contributed by atoms with E-state index in [-0.39, 0.29) is 18.2 Å². The molecule has 0 spiro atoms. The number of carboxylic acids is 1. The molecular weight excluding hydrogens is 290 g/mol. The largest absolute Gasteiger partial charge is 0.480 e. The standard InChI is InChI=1S/C19H19NO3/c21-18(12-17(19(22)23)20-16-10-11-16)15-8-6-14(7-9-15)13-4-2-1-3-5-13/h1-9,16-17,20H,10-12H2,(H,22,23). The number of nitrogens with one attached hydrogen (secondary N) is 1. The van der Waals surface area contributed by atoms with Gasteiger partial charge in [0.25, 0.3) is 0 Å². The van der Waals surface area contributed by atoms with Gasteiger partial charge in [-0.3, -0.25) is 9.59 Å². The number of aliphatic carboxylic acids is 1. The molecule has 0 saturated heterocycles. The third-order valence-corrected chi connectivity index (χ3v) is 4.02. The molecule has 0 amide bonds. The fourth-order valence-corrected chi connectivity index (χ4v) is 2.53. The second-order valence-corrected chi connectivity index (χ2v) is 5.90. The summed E-state index contributed by atoms with van der Waals surface area (Å²) in [6.07, 6.45) is 1.96. The van der Waals surface area contributed by atoms with Gasteiger partial charge in [0.1, 0.15) is 6.04 Å². The monoisotopic (exact) mass is 309 g/mol.